The number of carbonyl (C=O) groups is 3. The fourth-order valence-corrected chi connectivity index (χ4v) is 3.73. The number of piperazine rings is 1. The number of aryl methyl sites for hydroxylation is 2. The van der Waals surface area contributed by atoms with Gasteiger partial charge in [0.1, 0.15) is 24.7 Å². The Morgan fingerprint density at radius 2 is 1.90 bits per heavy atom. The van der Waals surface area contributed by atoms with Gasteiger partial charge in [0.15, 0.2) is 5.69 Å². The van der Waals surface area contributed by atoms with Crippen molar-refractivity contribution in [3.05, 3.63) is 28.6 Å². The average Bonchev–Trinajstić information content (AvgIpc) is 3.25. The molecule has 11 nitrogen and oxygen atoms in total. The highest BCUT2D eigenvalue weighted by Crippen LogP contribution is 2.22. The molecular formula is C18H24N8O3. The molecule has 0 radical (unpaired) electrons. The van der Waals surface area contributed by atoms with Crippen LogP contribution in [0.5, 0.6) is 0 Å². The van der Waals surface area contributed by atoms with E-state index in [2.05, 4.69) is 20.3 Å². The molecule has 0 bridgehead atoms. The van der Waals surface area contributed by atoms with Gasteiger partial charge in [0.25, 0.3) is 5.91 Å². The summed E-state index contributed by atoms with van der Waals surface area (Å²) in [6, 6.07) is 0. The second-order valence-corrected chi connectivity index (χ2v) is 7.50. The molecule has 0 saturated carbocycles. The van der Waals surface area contributed by atoms with Crippen LogP contribution in [0.2, 0.25) is 0 Å². The number of amides is 3. The summed E-state index contributed by atoms with van der Waals surface area (Å²) in [6.07, 6.45) is 0.537. The van der Waals surface area contributed by atoms with Crippen LogP contribution < -0.4 is 0 Å². The van der Waals surface area contributed by atoms with Gasteiger partial charge in [-0.2, -0.15) is 10.2 Å². The Morgan fingerprint density at radius 1 is 1.10 bits per heavy atom. The van der Waals surface area contributed by atoms with Gasteiger partial charge in [0.2, 0.25) is 11.8 Å². The Morgan fingerprint density at radius 3 is 2.59 bits per heavy atom. The van der Waals surface area contributed by atoms with E-state index in [1.165, 1.54) is 4.90 Å². The third kappa shape index (κ3) is 3.59. The van der Waals surface area contributed by atoms with Crippen molar-refractivity contribution in [1.82, 2.24) is 39.7 Å². The molecule has 29 heavy (non-hydrogen) atoms. The van der Waals surface area contributed by atoms with Gasteiger partial charge in [0, 0.05) is 32.2 Å². The van der Waals surface area contributed by atoms with E-state index in [0.29, 0.717) is 49.9 Å². The molecule has 0 spiro atoms. The lowest BCUT2D eigenvalue weighted by atomic mass is 10.0. The number of hydrogen-bond donors (Lipinski definition) is 1. The molecule has 1 saturated heterocycles. The topological polar surface area (TPSA) is 120 Å². The van der Waals surface area contributed by atoms with Crippen molar-refractivity contribution >= 4 is 17.7 Å². The number of nitrogens with one attached hydrogen (secondary N) is 1. The molecule has 154 valence electrons. The van der Waals surface area contributed by atoms with Crippen LogP contribution in [0.3, 0.4) is 0 Å². The Bertz CT molecular complexity index is 978. The molecule has 3 amide bonds. The highest BCUT2D eigenvalue weighted by atomic mass is 16.2. The lowest BCUT2D eigenvalue weighted by molar-refractivity contribution is -0.134. The van der Waals surface area contributed by atoms with Crippen LogP contribution in [0.1, 0.15) is 33.4 Å². The zero-order chi connectivity index (χ0) is 20.7. The van der Waals surface area contributed by atoms with Gasteiger partial charge in [-0.25, -0.2) is 9.67 Å². The molecular weight excluding hydrogens is 376 g/mol. The van der Waals surface area contributed by atoms with Crippen molar-refractivity contribution < 1.29 is 14.4 Å². The zero-order valence-electron chi connectivity index (χ0n) is 16.8. The molecule has 1 N–H and O–H groups in total. The zero-order valence-corrected chi connectivity index (χ0v) is 16.8. The molecule has 1 fully saturated rings. The molecule has 0 aliphatic carbocycles. The van der Waals surface area contributed by atoms with Gasteiger partial charge < -0.3 is 14.7 Å². The molecule has 2 aromatic rings. The Labute approximate surface area is 167 Å². The fourth-order valence-electron chi connectivity index (χ4n) is 3.73. The lowest BCUT2D eigenvalue weighted by Gasteiger charge is -2.32. The van der Waals surface area contributed by atoms with Crippen molar-refractivity contribution in [2.45, 2.75) is 33.4 Å². The molecule has 11 heteroatoms. The van der Waals surface area contributed by atoms with Crippen molar-refractivity contribution in [3.63, 3.8) is 0 Å². The van der Waals surface area contributed by atoms with Crippen LogP contribution in [0.25, 0.3) is 0 Å². The Kier molecular flexibility index (Phi) is 4.81. The largest absolute Gasteiger partial charge is 0.342 e. The van der Waals surface area contributed by atoms with Gasteiger partial charge in [-0.05, 0) is 20.3 Å². The summed E-state index contributed by atoms with van der Waals surface area (Å²) in [7, 11) is 1.73. The standard InChI is InChI=1S/C18H24N8O3/c1-11-19-12(2)26(22-11)10-16(28)24-5-4-13-14(8-24)20-21-17(13)18(29)25-7-6-23(3)15(27)9-25/h4-10H2,1-3H3,(H,20,21). The summed E-state index contributed by atoms with van der Waals surface area (Å²) in [5.41, 5.74) is 1.95. The minimum absolute atomic E-state index is 0.0595. The minimum Gasteiger partial charge on any atom is -0.342 e. The van der Waals surface area contributed by atoms with Crippen LogP contribution in [-0.4, -0.2) is 90.6 Å². The number of nitrogens with zero attached hydrogens (tertiary/aromatic N) is 7. The van der Waals surface area contributed by atoms with E-state index in [-0.39, 0.29) is 30.8 Å². The third-order valence-corrected chi connectivity index (χ3v) is 5.48. The second-order valence-electron chi connectivity index (χ2n) is 7.50. The monoisotopic (exact) mass is 400 g/mol. The molecule has 2 aromatic heterocycles. The SMILES string of the molecule is Cc1nc(C)n(CC(=O)N2CCc3c(C(=O)N4CCN(C)C(=O)C4)n[nH]c3C2)n1. The number of aromatic nitrogens is 5. The quantitative estimate of drug-likeness (QED) is 0.714. The number of fused-ring (bicyclic) bond motifs is 1. The summed E-state index contributed by atoms with van der Waals surface area (Å²) in [5.74, 6) is 0.956. The summed E-state index contributed by atoms with van der Waals surface area (Å²) >= 11 is 0. The smallest absolute Gasteiger partial charge is 0.275 e. The van der Waals surface area contributed by atoms with E-state index in [1.54, 1.807) is 28.5 Å². The number of likely N-dealkylation sites (N-methyl/N-ethyl adjacent to an activating group) is 1. The van der Waals surface area contributed by atoms with Crippen molar-refractivity contribution in [1.29, 1.82) is 0 Å². The first-order chi connectivity index (χ1) is 13.8. The maximum Gasteiger partial charge on any atom is 0.275 e. The molecule has 0 atom stereocenters. The maximum absolute atomic E-state index is 12.9. The van der Waals surface area contributed by atoms with E-state index < -0.39 is 0 Å². The first-order valence-electron chi connectivity index (χ1n) is 9.58. The van der Waals surface area contributed by atoms with Gasteiger partial charge in [-0.15, -0.1) is 0 Å². The Hall–Kier alpha value is -3.24. The predicted molar refractivity (Wildman–Crippen MR) is 101 cm³/mol. The fraction of sp³-hybridized carbons (Fsp3) is 0.556. The number of rotatable bonds is 3. The highest BCUT2D eigenvalue weighted by molar-refractivity contribution is 5.97. The molecule has 0 unspecified atom stereocenters. The first kappa shape index (κ1) is 19.1. The molecule has 2 aliphatic rings. The summed E-state index contributed by atoms with van der Waals surface area (Å²) in [6.45, 7) is 5.67. The highest BCUT2D eigenvalue weighted by Gasteiger charge is 2.32. The summed E-state index contributed by atoms with van der Waals surface area (Å²) in [5, 5.41) is 11.4. The molecule has 0 aromatic carbocycles. The minimum atomic E-state index is -0.238. The van der Waals surface area contributed by atoms with Crippen LogP contribution in [0.4, 0.5) is 0 Å². The van der Waals surface area contributed by atoms with Crippen molar-refractivity contribution in [3.8, 4) is 0 Å². The molecule has 4 rings (SSSR count). The van der Waals surface area contributed by atoms with Crippen LogP contribution >= 0.6 is 0 Å². The number of aromatic amines is 1. The first-order valence-corrected chi connectivity index (χ1v) is 9.58. The predicted octanol–water partition coefficient (Wildman–Crippen LogP) is -0.883. The molecule has 4 heterocycles. The van der Waals surface area contributed by atoms with Crippen molar-refractivity contribution in [2.75, 3.05) is 33.2 Å². The van der Waals surface area contributed by atoms with E-state index in [9.17, 15) is 14.4 Å². The number of hydrogen-bond acceptors (Lipinski definition) is 6. The Balaban J connectivity index is 1.44. The van der Waals surface area contributed by atoms with Crippen molar-refractivity contribution in [2.24, 2.45) is 0 Å². The normalized spacial score (nSPS) is 16.9. The lowest BCUT2D eigenvalue weighted by Crippen LogP contribution is -2.51. The van der Waals surface area contributed by atoms with Gasteiger partial charge in [0.05, 0.1) is 12.2 Å². The van der Waals surface area contributed by atoms with E-state index in [1.807, 2.05) is 6.92 Å². The van der Waals surface area contributed by atoms with Crippen LogP contribution in [-0.2, 0) is 29.1 Å². The van der Waals surface area contributed by atoms with E-state index in [0.717, 1.165) is 11.3 Å². The number of carbonyl (C=O) groups excluding carboxylic acids is 3. The van der Waals surface area contributed by atoms with Crippen LogP contribution in [0.15, 0.2) is 0 Å². The maximum atomic E-state index is 12.9. The summed E-state index contributed by atoms with van der Waals surface area (Å²) < 4.78 is 1.60. The summed E-state index contributed by atoms with van der Waals surface area (Å²) in [4.78, 5) is 46.5. The molecule has 2 aliphatic heterocycles. The van der Waals surface area contributed by atoms with Gasteiger partial charge >= 0.3 is 0 Å². The number of H-pyrrole nitrogens is 1. The third-order valence-electron chi connectivity index (χ3n) is 5.48. The van der Waals surface area contributed by atoms with E-state index >= 15 is 0 Å². The average molecular weight is 400 g/mol. The van der Waals surface area contributed by atoms with Crippen LogP contribution in [0, 0.1) is 13.8 Å². The van der Waals surface area contributed by atoms with E-state index in [4.69, 9.17) is 0 Å². The second kappa shape index (κ2) is 7.30. The van der Waals surface area contributed by atoms with Gasteiger partial charge in [-0.1, -0.05) is 0 Å². The van der Waals surface area contributed by atoms with Gasteiger partial charge in [-0.3, -0.25) is 19.5 Å².